The van der Waals surface area contributed by atoms with E-state index in [1.165, 1.54) is 32.9 Å². The highest BCUT2D eigenvalue weighted by molar-refractivity contribution is 5.89. The Kier molecular flexibility index (Phi) is 5.21. The highest BCUT2D eigenvalue weighted by atomic mass is 16.5. The molecule has 1 aromatic carbocycles. The average molecular weight is 262 g/mol. The van der Waals surface area contributed by atoms with E-state index in [1.54, 1.807) is 12.1 Å². The Morgan fingerprint density at radius 1 is 1.42 bits per heavy atom. The SMILES string of the molecule is COC(=O)c1ccc(NCCC2CCCNC2)cc1. The molecular formula is C15H22N2O2. The number of hydrogen-bond acceptors (Lipinski definition) is 4. The van der Waals surface area contributed by atoms with Crippen molar-refractivity contribution >= 4 is 11.7 Å². The second-order valence-corrected chi connectivity index (χ2v) is 5.00. The van der Waals surface area contributed by atoms with Crippen molar-refractivity contribution in [3.8, 4) is 0 Å². The van der Waals surface area contributed by atoms with Crippen molar-refractivity contribution in [2.75, 3.05) is 32.1 Å². The van der Waals surface area contributed by atoms with Crippen molar-refractivity contribution in [1.82, 2.24) is 5.32 Å². The molecule has 4 heteroatoms. The van der Waals surface area contributed by atoms with Crippen molar-refractivity contribution in [3.05, 3.63) is 29.8 Å². The van der Waals surface area contributed by atoms with Gasteiger partial charge in [0, 0.05) is 12.2 Å². The van der Waals surface area contributed by atoms with E-state index in [0.717, 1.165) is 24.7 Å². The topological polar surface area (TPSA) is 50.4 Å². The van der Waals surface area contributed by atoms with Gasteiger partial charge in [0.25, 0.3) is 0 Å². The van der Waals surface area contributed by atoms with Crippen LogP contribution in [0.4, 0.5) is 5.69 Å². The first-order chi connectivity index (χ1) is 9.29. The van der Waals surface area contributed by atoms with Crippen LogP contribution in [0.1, 0.15) is 29.6 Å². The lowest BCUT2D eigenvalue weighted by Crippen LogP contribution is -2.30. The van der Waals surface area contributed by atoms with Gasteiger partial charge < -0.3 is 15.4 Å². The van der Waals surface area contributed by atoms with Crippen molar-refractivity contribution < 1.29 is 9.53 Å². The molecule has 2 rings (SSSR count). The number of carbonyl (C=O) groups excluding carboxylic acids is 1. The molecular weight excluding hydrogens is 240 g/mol. The predicted molar refractivity (Wildman–Crippen MR) is 76.5 cm³/mol. The molecule has 2 N–H and O–H groups in total. The lowest BCUT2D eigenvalue weighted by atomic mass is 9.96. The third kappa shape index (κ3) is 4.24. The van der Waals surface area contributed by atoms with Crippen molar-refractivity contribution in [1.29, 1.82) is 0 Å². The quantitative estimate of drug-likeness (QED) is 0.799. The number of benzene rings is 1. The van der Waals surface area contributed by atoms with Gasteiger partial charge >= 0.3 is 5.97 Å². The first-order valence-corrected chi connectivity index (χ1v) is 6.92. The Hall–Kier alpha value is -1.55. The summed E-state index contributed by atoms with van der Waals surface area (Å²) < 4.78 is 4.67. The standard InChI is InChI=1S/C15H22N2O2/c1-19-15(18)13-4-6-14(7-5-13)17-10-8-12-3-2-9-16-11-12/h4-7,12,16-17H,2-3,8-11H2,1H3. The number of methoxy groups -OCH3 is 1. The van der Waals surface area contributed by atoms with Gasteiger partial charge in [0.1, 0.15) is 0 Å². The average Bonchev–Trinajstić information content (AvgIpc) is 2.48. The number of carbonyl (C=O) groups is 1. The van der Waals surface area contributed by atoms with E-state index < -0.39 is 0 Å². The number of ether oxygens (including phenoxy) is 1. The lowest BCUT2D eigenvalue weighted by Gasteiger charge is -2.22. The summed E-state index contributed by atoms with van der Waals surface area (Å²) in [7, 11) is 1.40. The number of anilines is 1. The molecule has 0 amide bonds. The summed E-state index contributed by atoms with van der Waals surface area (Å²) in [5.74, 6) is 0.496. The molecule has 0 spiro atoms. The molecule has 19 heavy (non-hydrogen) atoms. The van der Waals surface area contributed by atoms with Gasteiger partial charge in [-0.1, -0.05) is 0 Å². The summed E-state index contributed by atoms with van der Waals surface area (Å²) in [4.78, 5) is 11.3. The van der Waals surface area contributed by atoms with E-state index in [9.17, 15) is 4.79 Å². The Morgan fingerprint density at radius 2 is 2.21 bits per heavy atom. The number of nitrogens with one attached hydrogen (secondary N) is 2. The molecule has 1 fully saturated rings. The first-order valence-electron chi connectivity index (χ1n) is 6.92. The summed E-state index contributed by atoms with van der Waals surface area (Å²) in [6, 6.07) is 7.42. The van der Waals surface area contributed by atoms with E-state index >= 15 is 0 Å². The molecule has 1 aliphatic heterocycles. The molecule has 0 bridgehead atoms. The second-order valence-electron chi connectivity index (χ2n) is 5.00. The van der Waals surface area contributed by atoms with Gasteiger partial charge in [-0.15, -0.1) is 0 Å². The number of esters is 1. The van der Waals surface area contributed by atoms with Crippen LogP contribution < -0.4 is 10.6 Å². The molecule has 0 aromatic heterocycles. The normalized spacial score (nSPS) is 18.9. The van der Waals surface area contributed by atoms with E-state index in [1.807, 2.05) is 12.1 Å². The molecule has 1 unspecified atom stereocenters. The van der Waals surface area contributed by atoms with Crippen LogP contribution in [0.2, 0.25) is 0 Å². The largest absolute Gasteiger partial charge is 0.465 e. The minimum atomic E-state index is -0.292. The lowest BCUT2D eigenvalue weighted by molar-refractivity contribution is 0.0601. The molecule has 104 valence electrons. The zero-order chi connectivity index (χ0) is 13.5. The van der Waals surface area contributed by atoms with E-state index in [-0.39, 0.29) is 5.97 Å². The van der Waals surface area contributed by atoms with Gasteiger partial charge in [-0.05, 0) is 62.5 Å². The highest BCUT2D eigenvalue weighted by Gasteiger charge is 2.12. The van der Waals surface area contributed by atoms with Gasteiger partial charge in [-0.3, -0.25) is 0 Å². The molecule has 1 heterocycles. The zero-order valence-electron chi connectivity index (χ0n) is 11.4. The van der Waals surface area contributed by atoms with Crippen molar-refractivity contribution in [2.24, 2.45) is 5.92 Å². The third-order valence-electron chi connectivity index (χ3n) is 3.59. The van der Waals surface area contributed by atoms with Gasteiger partial charge in [0.2, 0.25) is 0 Å². The van der Waals surface area contributed by atoms with Gasteiger partial charge in [0.05, 0.1) is 12.7 Å². The Morgan fingerprint density at radius 3 is 2.84 bits per heavy atom. The van der Waals surface area contributed by atoms with Gasteiger partial charge in [-0.2, -0.15) is 0 Å². The van der Waals surface area contributed by atoms with Crippen LogP contribution >= 0.6 is 0 Å². The van der Waals surface area contributed by atoms with E-state index in [4.69, 9.17) is 0 Å². The summed E-state index contributed by atoms with van der Waals surface area (Å²) in [6.07, 6.45) is 3.81. The Bertz CT molecular complexity index is 397. The predicted octanol–water partition coefficient (Wildman–Crippen LogP) is 2.27. The van der Waals surface area contributed by atoms with Crippen LogP contribution in [0, 0.1) is 5.92 Å². The summed E-state index contributed by atoms with van der Waals surface area (Å²) >= 11 is 0. The number of rotatable bonds is 5. The van der Waals surface area contributed by atoms with Crippen LogP contribution in [-0.2, 0) is 4.74 Å². The van der Waals surface area contributed by atoms with Crippen LogP contribution in [0.25, 0.3) is 0 Å². The molecule has 0 saturated carbocycles. The van der Waals surface area contributed by atoms with Crippen LogP contribution in [0.15, 0.2) is 24.3 Å². The molecule has 1 aromatic rings. The van der Waals surface area contributed by atoms with Crippen LogP contribution in [0.5, 0.6) is 0 Å². The fourth-order valence-corrected chi connectivity index (χ4v) is 2.43. The Balaban J connectivity index is 1.75. The third-order valence-corrected chi connectivity index (χ3v) is 3.59. The van der Waals surface area contributed by atoms with E-state index in [2.05, 4.69) is 15.4 Å². The summed E-state index contributed by atoms with van der Waals surface area (Å²) in [5, 5.41) is 6.83. The number of piperidine rings is 1. The fourth-order valence-electron chi connectivity index (χ4n) is 2.43. The number of hydrogen-bond donors (Lipinski definition) is 2. The minimum absolute atomic E-state index is 0.292. The second kappa shape index (κ2) is 7.14. The minimum Gasteiger partial charge on any atom is -0.465 e. The van der Waals surface area contributed by atoms with Crippen LogP contribution in [-0.4, -0.2) is 32.7 Å². The molecule has 0 radical (unpaired) electrons. The van der Waals surface area contributed by atoms with Crippen molar-refractivity contribution in [2.45, 2.75) is 19.3 Å². The molecule has 1 saturated heterocycles. The summed E-state index contributed by atoms with van der Waals surface area (Å²) in [6.45, 7) is 3.28. The smallest absolute Gasteiger partial charge is 0.337 e. The molecule has 0 aliphatic carbocycles. The summed E-state index contributed by atoms with van der Waals surface area (Å²) in [5.41, 5.74) is 1.64. The van der Waals surface area contributed by atoms with Crippen LogP contribution in [0.3, 0.4) is 0 Å². The monoisotopic (exact) mass is 262 g/mol. The maximum absolute atomic E-state index is 11.3. The van der Waals surface area contributed by atoms with Gasteiger partial charge in [-0.25, -0.2) is 4.79 Å². The molecule has 1 aliphatic rings. The maximum atomic E-state index is 11.3. The van der Waals surface area contributed by atoms with Crippen molar-refractivity contribution in [3.63, 3.8) is 0 Å². The Labute approximate surface area is 114 Å². The van der Waals surface area contributed by atoms with Gasteiger partial charge in [0.15, 0.2) is 0 Å². The maximum Gasteiger partial charge on any atom is 0.337 e. The highest BCUT2D eigenvalue weighted by Crippen LogP contribution is 2.15. The fraction of sp³-hybridized carbons (Fsp3) is 0.533. The van der Waals surface area contributed by atoms with E-state index in [0.29, 0.717) is 5.56 Å². The zero-order valence-corrected chi connectivity index (χ0v) is 11.4. The first kappa shape index (κ1) is 13.9. The molecule has 1 atom stereocenters. The molecule has 4 nitrogen and oxygen atoms in total.